The Kier molecular flexibility index (Phi) is 5.99. The molecule has 0 aliphatic heterocycles. The Morgan fingerprint density at radius 1 is 1.33 bits per heavy atom. The van der Waals surface area contributed by atoms with Gasteiger partial charge in [-0.05, 0) is 37.0 Å². The third-order valence-electron chi connectivity index (χ3n) is 3.10. The smallest absolute Gasteiger partial charge is 0.416 e. The summed E-state index contributed by atoms with van der Waals surface area (Å²) in [5, 5.41) is 11.3. The highest BCUT2D eigenvalue weighted by Gasteiger charge is 2.31. The number of anilines is 1. The summed E-state index contributed by atoms with van der Waals surface area (Å²) in [4.78, 5) is 10.4. The standard InChI is InChI=1S/C14H17F4NO2/c1-9(2-5-13(20)21)6-7-19-12-4-3-10(8-11(12)15)14(16,17)18/h3-4,8-9,19H,2,5-7H2,1H3,(H,20,21). The zero-order valence-electron chi connectivity index (χ0n) is 11.5. The Morgan fingerprint density at radius 2 is 2.00 bits per heavy atom. The number of carboxylic acids is 1. The summed E-state index contributed by atoms with van der Waals surface area (Å²) in [7, 11) is 0. The highest BCUT2D eigenvalue weighted by Crippen LogP contribution is 2.31. The van der Waals surface area contributed by atoms with Crippen LogP contribution in [0.3, 0.4) is 0 Å². The van der Waals surface area contributed by atoms with Gasteiger partial charge < -0.3 is 10.4 Å². The van der Waals surface area contributed by atoms with E-state index in [1.807, 2.05) is 6.92 Å². The minimum atomic E-state index is -4.56. The Morgan fingerprint density at radius 3 is 2.52 bits per heavy atom. The maximum atomic E-state index is 13.5. The highest BCUT2D eigenvalue weighted by molar-refractivity contribution is 5.66. The van der Waals surface area contributed by atoms with Crippen LogP contribution >= 0.6 is 0 Å². The van der Waals surface area contributed by atoms with Gasteiger partial charge in [-0.3, -0.25) is 4.79 Å². The molecule has 7 heteroatoms. The largest absolute Gasteiger partial charge is 0.481 e. The number of hydrogen-bond donors (Lipinski definition) is 2. The molecule has 21 heavy (non-hydrogen) atoms. The third-order valence-corrected chi connectivity index (χ3v) is 3.10. The van der Waals surface area contributed by atoms with Crippen LogP contribution < -0.4 is 5.32 Å². The lowest BCUT2D eigenvalue weighted by Gasteiger charge is -2.13. The van der Waals surface area contributed by atoms with E-state index in [1.54, 1.807) is 0 Å². The Labute approximate surface area is 120 Å². The van der Waals surface area contributed by atoms with Gasteiger partial charge in [-0.1, -0.05) is 6.92 Å². The number of carboxylic acid groups (broad SMARTS) is 1. The molecule has 0 radical (unpaired) electrons. The van der Waals surface area contributed by atoms with Crippen LogP contribution in [0.5, 0.6) is 0 Å². The molecule has 0 saturated heterocycles. The van der Waals surface area contributed by atoms with Gasteiger partial charge in [0.15, 0.2) is 0 Å². The number of hydrogen-bond acceptors (Lipinski definition) is 2. The first kappa shape index (κ1) is 17.3. The SMILES string of the molecule is CC(CCNc1ccc(C(F)(F)F)cc1F)CCC(=O)O. The van der Waals surface area contributed by atoms with Gasteiger partial charge in [-0.25, -0.2) is 4.39 Å². The molecule has 1 rings (SSSR count). The molecule has 0 amide bonds. The molecule has 0 aromatic heterocycles. The number of nitrogens with one attached hydrogen (secondary N) is 1. The lowest BCUT2D eigenvalue weighted by molar-refractivity contribution is -0.138. The van der Waals surface area contributed by atoms with Gasteiger partial charge in [0.05, 0.1) is 11.3 Å². The van der Waals surface area contributed by atoms with Crippen LogP contribution in [-0.4, -0.2) is 17.6 Å². The van der Waals surface area contributed by atoms with E-state index in [4.69, 9.17) is 5.11 Å². The van der Waals surface area contributed by atoms with Gasteiger partial charge in [0.25, 0.3) is 0 Å². The van der Waals surface area contributed by atoms with Gasteiger partial charge in [-0.2, -0.15) is 13.2 Å². The Bertz CT molecular complexity index is 488. The number of alkyl halides is 3. The van der Waals surface area contributed by atoms with Gasteiger partial charge in [0.1, 0.15) is 5.82 Å². The first-order valence-corrected chi connectivity index (χ1v) is 6.52. The molecule has 1 aromatic carbocycles. The van der Waals surface area contributed by atoms with Gasteiger partial charge in [-0.15, -0.1) is 0 Å². The molecule has 0 aliphatic carbocycles. The van der Waals surface area contributed by atoms with Crippen molar-refractivity contribution in [2.24, 2.45) is 5.92 Å². The topological polar surface area (TPSA) is 49.3 Å². The molecule has 0 heterocycles. The first-order valence-electron chi connectivity index (χ1n) is 6.52. The molecule has 2 N–H and O–H groups in total. The molecular weight excluding hydrogens is 290 g/mol. The summed E-state index contributed by atoms with van der Waals surface area (Å²) in [6.07, 6.45) is -3.39. The molecule has 0 spiro atoms. The van der Waals surface area contributed by atoms with Crippen molar-refractivity contribution in [1.82, 2.24) is 0 Å². The number of carbonyl (C=O) groups is 1. The van der Waals surface area contributed by atoms with E-state index in [0.717, 1.165) is 12.1 Å². The molecule has 1 atom stereocenters. The van der Waals surface area contributed by atoms with Crippen LogP contribution in [0, 0.1) is 11.7 Å². The predicted molar refractivity (Wildman–Crippen MR) is 70.5 cm³/mol. The summed E-state index contributed by atoms with van der Waals surface area (Å²) in [6, 6.07) is 2.33. The van der Waals surface area contributed by atoms with Crippen LogP contribution in [0.2, 0.25) is 0 Å². The minimum Gasteiger partial charge on any atom is -0.481 e. The molecule has 0 fully saturated rings. The van der Waals surface area contributed by atoms with Crippen molar-refractivity contribution < 1.29 is 27.5 Å². The van der Waals surface area contributed by atoms with Crippen molar-refractivity contribution in [3.8, 4) is 0 Å². The van der Waals surface area contributed by atoms with E-state index < -0.39 is 23.5 Å². The number of rotatable bonds is 7. The molecule has 0 bridgehead atoms. The average Bonchev–Trinajstić information content (AvgIpc) is 2.37. The quantitative estimate of drug-likeness (QED) is 0.744. The molecule has 0 aliphatic rings. The Balaban J connectivity index is 2.47. The summed E-state index contributed by atoms with van der Waals surface area (Å²) in [6.45, 7) is 2.23. The van der Waals surface area contributed by atoms with E-state index >= 15 is 0 Å². The fraction of sp³-hybridized carbons (Fsp3) is 0.500. The second-order valence-electron chi connectivity index (χ2n) is 4.95. The zero-order valence-corrected chi connectivity index (χ0v) is 11.5. The first-order chi connectivity index (χ1) is 9.70. The monoisotopic (exact) mass is 307 g/mol. The van der Waals surface area contributed by atoms with E-state index in [2.05, 4.69) is 5.32 Å². The van der Waals surface area contributed by atoms with Crippen molar-refractivity contribution in [1.29, 1.82) is 0 Å². The van der Waals surface area contributed by atoms with Crippen LogP contribution in [0.25, 0.3) is 0 Å². The number of halogens is 4. The lowest BCUT2D eigenvalue weighted by atomic mass is 10.0. The fourth-order valence-corrected chi connectivity index (χ4v) is 1.80. The maximum Gasteiger partial charge on any atom is 0.416 e. The summed E-state index contributed by atoms with van der Waals surface area (Å²) in [5.41, 5.74) is -1.02. The van der Waals surface area contributed by atoms with Crippen molar-refractivity contribution in [2.45, 2.75) is 32.4 Å². The Hall–Kier alpha value is -1.79. The lowest BCUT2D eigenvalue weighted by Crippen LogP contribution is -2.10. The highest BCUT2D eigenvalue weighted by atomic mass is 19.4. The second-order valence-corrected chi connectivity index (χ2v) is 4.95. The normalized spacial score (nSPS) is 13.0. The van der Waals surface area contributed by atoms with E-state index in [0.29, 0.717) is 25.5 Å². The fourth-order valence-electron chi connectivity index (χ4n) is 1.80. The minimum absolute atomic E-state index is 0.00781. The summed E-state index contributed by atoms with van der Waals surface area (Å²) >= 11 is 0. The van der Waals surface area contributed by atoms with Crippen molar-refractivity contribution in [2.75, 3.05) is 11.9 Å². The number of aliphatic carboxylic acids is 1. The third kappa shape index (κ3) is 6.01. The van der Waals surface area contributed by atoms with Crippen molar-refractivity contribution in [3.05, 3.63) is 29.6 Å². The van der Waals surface area contributed by atoms with Crippen LogP contribution in [-0.2, 0) is 11.0 Å². The maximum absolute atomic E-state index is 13.5. The molecular formula is C14H17F4NO2. The summed E-state index contributed by atoms with van der Waals surface area (Å²) < 4.78 is 50.6. The van der Waals surface area contributed by atoms with Gasteiger partial charge in [0, 0.05) is 13.0 Å². The predicted octanol–water partition coefficient (Wildman–Crippen LogP) is 4.15. The van der Waals surface area contributed by atoms with E-state index in [-0.39, 0.29) is 18.0 Å². The molecule has 1 unspecified atom stereocenters. The van der Waals surface area contributed by atoms with E-state index in [9.17, 15) is 22.4 Å². The van der Waals surface area contributed by atoms with Gasteiger partial charge in [0.2, 0.25) is 0 Å². The van der Waals surface area contributed by atoms with Crippen LogP contribution in [0.1, 0.15) is 31.7 Å². The van der Waals surface area contributed by atoms with Crippen molar-refractivity contribution >= 4 is 11.7 Å². The van der Waals surface area contributed by atoms with Crippen molar-refractivity contribution in [3.63, 3.8) is 0 Å². The average molecular weight is 307 g/mol. The van der Waals surface area contributed by atoms with Crippen LogP contribution in [0.4, 0.5) is 23.2 Å². The van der Waals surface area contributed by atoms with Crippen LogP contribution in [0.15, 0.2) is 18.2 Å². The number of benzene rings is 1. The molecule has 1 aromatic rings. The molecule has 3 nitrogen and oxygen atoms in total. The van der Waals surface area contributed by atoms with E-state index in [1.165, 1.54) is 0 Å². The molecule has 0 saturated carbocycles. The van der Waals surface area contributed by atoms with Gasteiger partial charge >= 0.3 is 12.1 Å². The molecule has 118 valence electrons. The zero-order chi connectivity index (χ0) is 16.0. The summed E-state index contributed by atoms with van der Waals surface area (Å²) in [5.74, 6) is -1.70. The second kappa shape index (κ2) is 7.28.